The first kappa shape index (κ1) is 15.8. The first-order chi connectivity index (χ1) is 12.2. The summed E-state index contributed by atoms with van der Waals surface area (Å²) < 4.78 is 10.6. The van der Waals surface area contributed by atoms with Crippen molar-refractivity contribution in [2.75, 3.05) is 31.1 Å². The molecule has 2 amide bonds. The number of aromatic nitrogens is 1. The number of carbonyl (C=O) groups is 2. The number of piperidine rings is 1. The Morgan fingerprint density at radius 3 is 2.76 bits per heavy atom. The number of hydrogen-bond donors (Lipinski definition) is 0. The minimum atomic E-state index is -0.144. The maximum absolute atomic E-state index is 12.5. The predicted octanol–water partition coefficient (Wildman–Crippen LogP) is 1.57. The van der Waals surface area contributed by atoms with Crippen LogP contribution in [-0.4, -0.2) is 54.2 Å². The fourth-order valence-corrected chi connectivity index (χ4v) is 3.52. The highest BCUT2D eigenvalue weighted by molar-refractivity contribution is 5.94. The summed E-state index contributed by atoms with van der Waals surface area (Å²) in [6, 6.07) is 11.1. The zero-order chi connectivity index (χ0) is 17.2. The molecule has 0 spiro atoms. The Hall–Kier alpha value is -2.67. The Morgan fingerprint density at radius 1 is 1.16 bits per heavy atom. The first-order valence-corrected chi connectivity index (χ1v) is 8.39. The number of ether oxygens (including phenoxy) is 1. The van der Waals surface area contributed by atoms with Gasteiger partial charge in [0.1, 0.15) is 12.9 Å². The number of nitrogens with zero attached hydrogens (tertiary/aromatic N) is 3. The van der Waals surface area contributed by atoms with Gasteiger partial charge in [-0.25, -0.2) is 0 Å². The number of rotatable bonds is 2. The quantitative estimate of drug-likeness (QED) is 0.829. The van der Waals surface area contributed by atoms with Crippen molar-refractivity contribution in [3.63, 3.8) is 0 Å². The Morgan fingerprint density at radius 2 is 2.00 bits per heavy atom. The zero-order valence-electron chi connectivity index (χ0n) is 13.7. The lowest BCUT2D eigenvalue weighted by atomic mass is 9.93. The van der Waals surface area contributed by atoms with Crippen LogP contribution >= 0.6 is 0 Å². The van der Waals surface area contributed by atoms with E-state index in [0.717, 1.165) is 5.69 Å². The summed E-state index contributed by atoms with van der Waals surface area (Å²) in [7, 11) is 0. The van der Waals surface area contributed by atoms with Crippen LogP contribution in [0.1, 0.15) is 16.9 Å². The number of hydrogen-bond acceptors (Lipinski definition) is 5. The molecule has 7 nitrogen and oxygen atoms in total. The van der Waals surface area contributed by atoms with Crippen molar-refractivity contribution < 1.29 is 18.8 Å². The summed E-state index contributed by atoms with van der Waals surface area (Å²) >= 11 is 0. The second-order valence-corrected chi connectivity index (χ2v) is 6.37. The number of para-hydroxylation sites is 1. The molecule has 2 aliphatic rings. The standard InChI is InChI=1S/C18H19N3O4/c22-17-12-24-16-6-8-20(18(23)15-7-9-25-19-15)10-13(16)11-21(17)14-4-2-1-3-5-14/h1-5,7,9,13,16H,6,8,10-12H2/t13-,16+/m1/s1. The van der Waals surface area contributed by atoms with E-state index in [0.29, 0.717) is 31.7 Å². The number of likely N-dealkylation sites (tertiary alicyclic amines) is 1. The minimum absolute atomic E-state index is 0.0148. The molecule has 1 aromatic heterocycles. The maximum Gasteiger partial charge on any atom is 0.276 e. The average molecular weight is 341 g/mol. The van der Waals surface area contributed by atoms with Crippen molar-refractivity contribution in [3.8, 4) is 0 Å². The third-order valence-electron chi connectivity index (χ3n) is 4.82. The molecule has 0 saturated carbocycles. The zero-order valence-corrected chi connectivity index (χ0v) is 13.7. The second-order valence-electron chi connectivity index (χ2n) is 6.37. The van der Waals surface area contributed by atoms with Crippen LogP contribution in [0.2, 0.25) is 0 Å². The SMILES string of the molecule is O=C(c1ccon1)N1CC[C@@H]2OCC(=O)N(c3ccccc3)C[C@H]2C1. The number of carbonyl (C=O) groups excluding carboxylic acids is 2. The molecule has 130 valence electrons. The van der Waals surface area contributed by atoms with E-state index in [2.05, 4.69) is 5.16 Å². The Labute approximate surface area is 145 Å². The van der Waals surface area contributed by atoms with E-state index in [1.54, 1.807) is 15.9 Å². The normalized spacial score (nSPS) is 23.9. The van der Waals surface area contributed by atoms with Crippen molar-refractivity contribution in [2.45, 2.75) is 12.5 Å². The van der Waals surface area contributed by atoms with Crippen LogP contribution in [0.15, 0.2) is 47.2 Å². The second kappa shape index (κ2) is 6.68. The summed E-state index contributed by atoms with van der Waals surface area (Å²) in [4.78, 5) is 28.5. The predicted molar refractivity (Wildman–Crippen MR) is 89.0 cm³/mol. The first-order valence-electron chi connectivity index (χ1n) is 8.39. The van der Waals surface area contributed by atoms with Crippen LogP contribution in [0.4, 0.5) is 5.69 Å². The fourth-order valence-electron chi connectivity index (χ4n) is 3.52. The van der Waals surface area contributed by atoms with Gasteiger partial charge >= 0.3 is 0 Å². The average Bonchev–Trinajstić information content (AvgIpc) is 3.14. The van der Waals surface area contributed by atoms with Gasteiger partial charge in [0.15, 0.2) is 5.69 Å². The molecule has 2 aromatic rings. The van der Waals surface area contributed by atoms with Gasteiger partial charge in [0, 0.05) is 37.3 Å². The molecule has 2 fully saturated rings. The molecule has 2 aliphatic heterocycles. The van der Waals surface area contributed by atoms with Crippen LogP contribution in [0.5, 0.6) is 0 Å². The van der Waals surface area contributed by atoms with Crippen molar-refractivity contribution in [1.82, 2.24) is 10.1 Å². The highest BCUT2D eigenvalue weighted by Gasteiger charge is 2.38. The van der Waals surface area contributed by atoms with E-state index < -0.39 is 0 Å². The monoisotopic (exact) mass is 341 g/mol. The van der Waals surface area contributed by atoms with Gasteiger partial charge in [-0.05, 0) is 18.6 Å². The molecular formula is C18H19N3O4. The van der Waals surface area contributed by atoms with Crippen molar-refractivity contribution in [1.29, 1.82) is 0 Å². The van der Waals surface area contributed by atoms with E-state index >= 15 is 0 Å². The molecular weight excluding hydrogens is 322 g/mol. The van der Waals surface area contributed by atoms with Crippen molar-refractivity contribution in [3.05, 3.63) is 48.4 Å². The molecule has 3 heterocycles. The molecule has 2 atom stereocenters. The van der Waals surface area contributed by atoms with Gasteiger partial charge in [-0.2, -0.15) is 0 Å². The number of fused-ring (bicyclic) bond motifs is 1. The molecule has 0 bridgehead atoms. The molecule has 7 heteroatoms. The topological polar surface area (TPSA) is 75.9 Å². The molecule has 0 N–H and O–H groups in total. The van der Waals surface area contributed by atoms with Gasteiger partial charge in [-0.15, -0.1) is 0 Å². The lowest BCUT2D eigenvalue weighted by Crippen LogP contribution is -2.49. The van der Waals surface area contributed by atoms with Crippen LogP contribution in [-0.2, 0) is 9.53 Å². The third kappa shape index (κ3) is 3.15. The fraction of sp³-hybridized carbons (Fsp3) is 0.389. The summed E-state index contributed by atoms with van der Waals surface area (Å²) in [5.41, 5.74) is 1.17. The molecule has 4 rings (SSSR count). The minimum Gasteiger partial charge on any atom is -0.368 e. The van der Waals surface area contributed by atoms with Crippen LogP contribution in [0.25, 0.3) is 0 Å². The maximum atomic E-state index is 12.5. The van der Waals surface area contributed by atoms with Gasteiger partial charge in [0.25, 0.3) is 11.8 Å². The molecule has 0 unspecified atom stereocenters. The lowest BCUT2D eigenvalue weighted by Gasteiger charge is -2.37. The molecule has 25 heavy (non-hydrogen) atoms. The molecule has 2 saturated heterocycles. The van der Waals surface area contributed by atoms with Gasteiger partial charge in [-0.1, -0.05) is 23.4 Å². The number of anilines is 1. The largest absolute Gasteiger partial charge is 0.368 e. The van der Waals surface area contributed by atoms with E-state index in [-0.39, 0.29) is 30.4 Å². The smallest absolute Gasteiger partial charge is 0.276 e. The van der Waals surface area contributed by atoms with Gasteiger partial charge in [0.2, 0.25) is 0 Å². The molecule has 0 aliphatic carbocycles. The highest BCUT2D eigenvalue weighted by atomic mass is 16.5. The van der Waals surface area contributed by atoms with E-state index in [1.165, 1.54) is 6.26 Å². The Bertz CT molecular complexity index is 747. The van der Waals surface area contributed by atoms with Gasteiger partial charge in [0.05, 0.1) is 6.10 Å². The summed E-state index contributed by atoms with van der Waals surface area (Å²) in [5.74, 6) is -0.125. The summed E-state index contributed by atoms with van der Waals surface area (Å²) in [6.45, 7) is 1.74. The van der Waals surface area contributed by atoms with Crippen molar-refractivity contribution >= 4 is 17.5 Å². The Balaban J connectivity index is 1.53. The molecule has 1 aromatic carbocycles. The molecule has 0 radical (unpaired) electrons. The lowest BCUT2D eigenvalue weighted by molar-refractivity contribution is -0.124. The Kier molecular flexibility index (Phi) is 4.23. The number of amides is 2. The van der Waals surface area contributed by atoms with Crippen molar-refractivity contribution in [2.24, 2.45) is 5.92 Å². The summed E-state index contributed by atoms with van der Waals surface area (Å²) in [5, 5.41) is 3.73. The van der Waals surface area contributed by atoms with E-state index in [1.807, 2.05) is 30.3 Å². The van der Waals surface area contributed by atoms with Crippen LogP contribution in [0.3, 0.4) is 0 Å². The van der Waals surface area contributed by atoms with E-state index in [4.69, 9.17) is 9.26 Å². The number of benzene rings is 1. The third-order valence-corrected chi connectivity index (χ3v) is 4.82. The van der Waals surface area contributed by atoms with Gasteiger partial charge < -0.3 is 19.1 Å². The van der Waals surface area contributed by atoms with Crippen LogP contribution < -0.4 is 4.90 Å². The van der Waals surface area contributed by atoms with Crippen LogP contribution in [0, 0.1) is 5.92 Å². The highest BCUT2D eigenvalue weighted by Crippen LogP contribution is 2.27. The summed E-state index contributed by atoms with van der Waals surface area (Å²) in [6.07, 6.45) is 2.09. The van der Waals surface area contributed by atoms with Gasteiger partial charge in [-0.3, -0.25) is 9.59 Å². The van der Waals surface area contributed by atoms with E-state index in [9.17, 15) is 9.59 Å².